The van der Waals surface area contributed by atoms with Gasteiger partial charge in [-0.2, -0.15) is 0 Å². The van der Waals surface area contributed by atoms with E-state index in [4.69, 9.17) is 4.74 Å². The quantitative estimate of drug-likeness (QED) is 0.448. The van der Waals surface area contributed by atoms with Crippen molar-refractivity contribution in [2.24, 2.45) is 0 Å². The van der Waals surface area contributed by atoms with Crippen LogP contribution in [0.3, 0.4) is 0 Å². The van der Waals surface area contributed by atoms with Crippen LogP contribution in [0.4, 0.5) is 5.69 Å². The Balaban J connectivity index is 1.71. The summed E-state index contributed by atoms with van der Waals surface area (Å²) in [6.45, 7) is 4.14. The van der Waals surface area contributed by atoms with Crippen LogP contribution in [0.25, 0.3) is 0 Å². The number of benzene rings is 2. The number of hydrogen-bond acceptors (Lipinski definition) is 5. The molecule has 8 nitrogen and oxygen atoms in total. The molecule has 1 atom stereocenters. The minimum Gasteiger partial charge on any atom is -0.497 e. The Morgan fingerprint density at radius 2 is 1.68 bits per heavy atom. The molecule has 1 aliphatic carbocycles. The van der Waals surface area contributed by atoms with Crippen molar-refractivity contribution >= 4 is 27.5 Å². The van der Waals surface area contributed by atoms with Gasteiger partial charge in [0.25, 0.3) is 0 Å². The first-order chi connectivity index (χ1) is 17.6. The fraction of sp³-hybridized carbons (Fsp3) is 0.500. The first-order valence-corrected chi connectivity index (χ1v) is 14.7. The van der Waals surface area contributed by atoms with E-state index >= 15 is 0 Å². The SMILES string of the molecule is COc1ccc(CN(C(=O)CCCN(c2ccc(C)cc2)S(C)(=O)=O)[C@H](C)C(=O)NC2CCCC2)cc1. The number of sulfonamides is 1. The van der Waals surface area contributed by atoms with Gasteiger partial charge in [0.15, 0.2) is 0 Å². The third kappa shape index (κ3) is 8.21. The molecule has 1 fully saturated rings. The summed E-state index contributed by atoms with van der Waals surface area (Å²) >= 11 is 0. The van der Waals surface area contributed by atoms with Gasteiger partial charge in [-0.1, -0.05) is 42.7 Å². The van der Waals surface area contributed by atoms with E-state index in [0.717, 1.165) is 36.8 Å². The lowest BCUT2D eigenvalue weighted by Crippen LogP contribution is -2.49. The van der Waals surface area contributed by atoms with Gasteiger partial charge in [0.2, 0.25) is 21.8 Å². The lowest BCUT2D eigenvalue weighted by Gasteiger charge is -2.30. The number of amides is 2. The van der Waals surface area contributed by atoms with Gasteiger partial charge < -0.3 is 15.0 Å². The van der Waals surface area contributed by atoms with Crippen molar-refractivity contribution in [2.75, 3.05) is 24.2 Å². The van der Waals surface area contributed by atoms with Crippen LogP contribution in [0.15, 0.2) is 48.5 Å². The number of carbonyl (C=O) groups excluding carboxylic acids is 2. The third-order valence-electron chi connectivity index (χ3n) is 6.85. The second kappa shape index (κ2) is 12.9. The summed E-state index contributed by atoms with van der Waals surface area (Å²) in [4.78, 5) is 28.1. The molecule has 0 unspecified atom stereocenters. The van der Waals surface area contributed by atoms with E-state index in [0.29, 0.717) is 17.9 Å². The summed E-state index contributed by atoms with van der Waals surface area (Å²) < 4.78 is 31.5. The van der Waals surface area contributed by atoms with Crippen molar-refractivity contribution in [3.63, 3.8) is 0 Å². The number of anilines is 1. The Kier molecular flexibility index (Phi) is 9.97. The van der Waals surface area contributed by atoms with Crippen LogP contribution in [0, 0.1) is 6.92 Å². The number of rotatable bonds is 12. The Morgan fingerprint density at radius 1 is 1.05 bits per heavy atom. The van der Waals surface area contributed by atoms with Crippen molar-refractivity contribution in [1.29, 1.82) is 0 Å². The van der Waals surface area contributed by atoms with E-state index in [2.05, 4.69) is 5.32 Å². The number of ether oxygens (including phenoxy) is 1. The molecule has 0 aliphatic heterocycles. The fourth-order valence-electron chi connectivity index (χ4n) is 4.62. The maximum atomic E-state index is 13.4. The lowest BCUT2D eigenvalue weighted by atomic mass is 10.1. The maximum Gasteiger partial charge on any atom is 0.242 e. The van der Waals surface area contributed by atoms with Gasteiger partial charge in [0.1, 0.15) is 11.8 Å². The van der Waals surface area contributed by atoms with Gasteiger partial charge in [-0.15, -0.1) is 0 Å². The number of hydrogen-bond donors (Lipinski definition) is 1. The standard InChI is InChI=1S/C28H39N3O5S/c1-21-11-15-25(16-12-21)31(37(4,34)35)19-7-10-27(32)30(20-23-13-17-26(36-3)18-14-23)22(2)28(33)29-24-8-5-6-9-24/h11-18,22,24H,5-10,19-20H2,1-4H3,(H,29,33)/t22-/m1/s1. The monoisotopic (exact) mass is 529 g/mol. The van der Waals surface area contributed by atoms with Crippen molar-refractivity contribution < 1.29 is 22.7 Å². The first kappa shape index (κ1) is 28.5. The van der Waals surface area contributed by atoms with Crippen LogP contribution in [0.1, 0.15) is 56.6 Å². The van der Waals surface area contributed by atoms with Crippen LogP contribution < -0.4 is 14.4 Å². The van der Waals surface area contributed by atoms with Crippen molar-refractivity contribution in [1.82, 2.24) is 10.2 Å². The summed E-state index contributed by atoms with van der Waals surface area (Å²) in [7, 11) is -1.92. The number of carbonyl (C=O) groups is 2. The van der Waals surface area contributed by atoms with Gasteiger partial charge in [0, 0.05) is 25.6 Å². The van der Waals surface area contributed by atoms with E-state index < -0.39 is 16.1 Å². The molecule has 202 valence electrons. The fourth-order valence-corrected chi connectivity index (χ4v) is 5.58. The molecule has 1 aliphatic rings. The topological polar surface area (TPSA) is 96.0 Å². The molecular formula is C28H39N3O5S. The number of aryl methyl sites for hydroxylation is 1. The smallest absolute Gasteiger partial charge is 0.242 e. The predicted octanol–water partition coefficient (Wildman–Crippen LogP) is 4.03. The molecule has 2 aromatic carbocycles. The minimum absolute atomic E-state index is 0.120. The molecule has 37 heavy (non-hydrogen) atoms. The number of methoxy groups -OCH3 is 1. The summed E-state index contributed by atoms with van der Waals surface area (Å²) in [6.07, 6.45) is 5.75. The van der Waals surface area contributed by atoms with E-state index in [9.17, 15) is 18.0 Å². The van der Waals surface area contributed by atoms with Crippen molar-refractivity contribution in [3.8, 4) is 5.75 Å². The number of nitrogens with zero attached hydrogens (tertiary/aromatic N) is 2. The normalized spacial score (nSPS) is 14.7. The zero-order chi connectivity index (χ0) is 27.0. The second-order valence-corrected chi connectivity index (χ2v) is 11.7. The molecule has 2 amide bonds. The molecule has 2 aromatic rings. The largest absolute Gasteiger partial charge is 0.497 e. The highest BCUT2D eigenvalue weighted by atomic mass is 32.2. The molecule has 0 heterocycles. The third-order valence-corrected chi connectivity index (χ3v) is 8.05. The second-order valence-electron chi connectivity index (χ2n) is 9.81. The van der Waals surface area contributed by atoms with Gasteiger partial charge in [0.05, 0.1) is 19.1 Å². The molecule has 0 aromatic heterocycles. The maximum absolute atomic E-state index is 13.4. The van der Waals surface area contributed by atoms with Crippen LogP contribution >= 0.6 is 0 Å². The van der Waals surface area contributed by atoms with Crippen LogP contribution in [-0.4, -0.2) is 57.1 Å². The van der Waals surface area contributed by atoms with Crippen LogP contribution in [-0.2, 0) is 26.2 Å². The summed E-state index contributed by atoms with van der Waals surface area (Å²) in [5, 5.41) is 3.10. The summed E-state index contributed by atoms with van der Waals surface area (Å²) in [5.74, 6) is 0.360. The molecule has 1 N–H and O–H groups in total. The minimum atomic E-state index is -3.51. The van der Waals surface area contributed by atoms with Gasteiger partial charge in [-0.25, -0.2) is 8.42 Å². The Hall–Kier alpha value is -3.07. The summed E-state index contributed by atoms with van der Waals surface area (Å²) in [5.41, 5.74) is 2.48. The molecular weight excluding hydrogens is 490 g/mol. The van der Waals surface area contributed by atoms with Crippen molar-refractivity contribution in [2.45, 2.75) is 71.0 Å². The lowest BCUT2D eigenvalue weighted by molar-refractivity contribution is -0.141. The van der Waals surface area contributed by atoms with Crippen molar-refractivity contribution in [3.05, 3.63) is 59.7 Å². The molecule has 3 rings (SSSR count). The average Bonchev–Trinajstić information content (AvgIpc) is 3.38. The number of nitrogens with one attached hydrogen (secondary N) is 1. The van der Waals surface area contributed by atoms with E-state index in [1.54, 1.807) is 31.1 Å². The van der Waals surface area contributed by atoms with Crippen LogP contribution in [0.2, 0.25) is 0 Å². The first-order valence-electron chi connectivity index (χ1n) is 12.9. The highest BCUT2D eigenvalue weighted by molar-refractivity contribution is 7.92. The van der Waals surface area contributed by atoms with Crippen LogP contribution in [0.5, 0.6) is 5.75 Å². The molecule has 0 radical (unpaired) electrons. The Bertz CT molecular complexity index is 1140. The zero-order valence-corrected chi connectivity index (χ0v) is 23.1. The molecule has 0 saturated heterocycles. The average molecular weight is 530 g/mol. The van der Waals surface area contributed by atoms with Gasteiger partial charge >= 0.3 is 0 Å². The highest BCUT2D eigenvalue weighted by Crippen LogP contribution is 2.21. The van der Waals surface area contributed by atoms with E-state index in [-0.39, 0.29) is 37.4 Å². The Labute approximate surface area is 221 Å². The molecule has 9 heteroatoms. The predicted molar refractivity (Wildman–Crippen MR) is 146 cm³/mol. The summed E-state index contributed by atoms with van der Waals surface area (Å²) in [6, 6.07) is 14.2. The molecule has 0 bridgehead atoms. The Morgan fingerprint density at radius 3 is 2.24 bits per heavy atom. The zero-order valence-electron chi connectivity index (χ0n) is 22.3. The van der Waals surface area contributed by atoms with Gasteiger partial charge in [-0.05, 0) is 62.9 Å². The molecule has 1 saturated carbocycles. The highest BCUT2D eigenvalue weighted by Gasteiger charge is 2.28. The van der Waals surface area contributed by atoms with E-state index in [1.165, 1.54) is 10.6 Å². The van der Waals surface area contributed by atoms with E-state index in [1.807, 2.05) is 43.3 Å². The van der Waals surface area contributed by atoms with Gasteiger partial charge in [-0.3, -0.25) is 13.9 Å². The molecule has 0 spiro atoms.